The van der Waals surface area contributed by atoms with Crippen molar-refractivity contribution in [1.82, 2.24) is 4.98 Å². The zero-order valence-corrected chi connectivity index (χ0v) is 16.8. The molecule has 0 saturated heterocycles. The third-order valence-corrected chi connectivity index (χ3v) is 5.26. The molecule has 4 rings (SSSR count). The number of alkyl halides is 3. The molecule has 0 aliphatic carbocycles. The van der Waals surface area contributed by atoms with Crippen LogP contribution in [-0.2, 0) is 6.18 Å². The molecule has 4 aromatic rings. The summed E-state index contributed by atoms with van der Waals surface area (Å²) in [6, 6.07) is 25.6. The number of benzene rings is 3. The van der Waals surface area contributed by atoms with Gasteiger partial charge in [-0.1, -0.05) is 72.8 Å². The zero-order chi connectivity index (χ0) is 22.7. The van der Waals surface area contributed by atoms with Gasteiger partial charge in [-0.2, -0.15) is 13.2 Å². The Hall–Kier alpha value is -3.93. The van der Waals surface area contributed by atoms with Gasteiger partial charge in [-0.3, -0.25) is 0 Å². The molecule has 160 valence electrons. The predicted octanol–water partition coefficient (Wildman–Crippen LogP) is 6.65. The van der Waals surface area contributed by atoms with E-state index in [0.717, 1.165) is 34.4 Å². The maximum Gasteiger partial charge on any atom is 0.416 e. The summed E-state index contributed by atoms with van der Waals surface area (Å²) in [5, 5.41) is 9.12. The molecule has 0 aliphatic heterocycles. The van der Waals surface area contributed by atoms with E-state index in [1.165, 1.54) is 18.2 Å². The quantitative estimate of drug-likeness (QED) is 0.384. The van der Waals surface area contributed by atoms with Crippen molar-refractivity contribution in [2.75, 3.05) is 0 Å². The summed E-state index contributed by atoms with van der Waals surface area (Å²) in [6.45, 7) is 0. The van der Waals surface area contributed by atoms with Crippen LogP contribution in [0.1, 0.15) is 38.7 Å². The highest BCUT2D eigenvalue weighted by Crippen LogP contribution is 2.34. The van der Waals surface area contributed by atoms with E-state index in [1.54, 1.807) is 12.3 Å². The van der Waals surface area contributed by atoms with Gasteiger partial charge < -0.3 is 5.11 Å². The van der Waals surface area contributed by atoms with Crippen molar-refractivity contribution in [2.24, 2.45) is 0 Å². The first-order valence-corrected chi connectivity index (χ1v) is 9.85. The van der Waals surface area contributed by atoms with Crippen LogP contribution in [0.15, 0.2) is 97.2 Å². The average Bonchev–Trinajstić information content (AvgIpc) is 2.80. The molecule has 0 fully saturated rings. The smallest absolute Gasteiger partial charge is 0.416 e. The molecular formula is C26H18F3NO2. The van der Waals surface area contributed by atoms with Gasteiger partial charge in [0.25, 0.3) is 0 Å². The SMILES string of the molecule is O=C(O)c1ccc(C(c2ccccc2)c2ccc(-c3ccc(C(F)(F)F)cc3)cc2)cn1. The monoisotopic (exact) mass is 433 g/mol. The lowest BCUT2D eigenvalue weighted by Gasteiger charge is -2.19. The molecule has 32 heavy (non-hydrogen) atoms. The van der Waals surface area contributed by atoms with E-state index in [-0.39, 0.29) is 11.6 Å². The van der Waals surface area contributed by atoms with E-state index >= 15 is 0 Å². The minimum atomic E-state index is -4.37. The van der Waals surface area contributed by atoms with Gasteiger partial charge in [0.2, 0.25) is 0 Å². The van der Waals surface area contributed by atoms with Crippen molar-refractivity contribution in [3.05, 3.63) is 125 Å². The number of pyridine rings is 1. The number of carboxylic acid groups (broad SMARTS) is 1. The zero-order valence-electron chi connectivity index (χ0n) is 16.8. The number of aromatic carboxylic acids is 1. The van der Waals surface area contributed by atoms with Crippen LogP contribution < -0.4 is 0 Å². The highest BCUT2D eigenvalue weighted by molar-refractivity contribution is 5.85. The molecule has 1 aromatic heterocycles. The molecule has 1 N–H and O–H groups in total. The topological polar surface area (TPSA) is 50.2 Å². The fraction of sp³-hybridized carbons (Fsp3) is 0.0769. The van der Waals surface area contributed by atoms with Gasteiger partial charge in [0, 0.05) is 12.1 Å². The molecule has 1 unspecified atom stereocenters. The second-order valence-electron chi connectivity index (χ2n) is 7.32. The van der Waals surface area contributed by atoms with Crippen LogP contribution in [-0.4, -0.2) is 16.1 Å². The minimum absolute atomic E-state index is 0.0294. The molecule has 0 spiro atoms. The molecule has 6 heteroatoms. The lowest BCUT2D eigenvalue weighted by atomic mass is 9.85. The summed E-state index contributed by atoms with van der Waals surface area (Å²) < 4.78 is 38.5. The maximum absolute atomic E-state index is 12.8. The van der Waals surface area contributed by atoms with Gasteiger partial charge in [-0.05, 0) is 46.0 Å². The van der Waals surface area contributed by atoms with Crippen LogP contribution in [0.25, 0.3) is 11.1 Å². The molecule has 0 radical (unpaired) electrons. The Balaban J connectivity index is 1.69. The van der Waals surface area contributed by atoms with Gasteiger partial charge in [0.1, 0.15) is 5.69 Å². The summed E-state index contributed by atoms with van der Waals surface area (Å²) in [6.07, 6.45) is -2.81. The Kier molecular flexibility index (Phi) is 5.77. The van der Waals surface area contributed by atoms with E-state index in [1.807, 2.05) is 54.6 Å². The van der Waals surface area contributed by atoms with Crippen molar-refractivity contribution in [2.45, 2.75) is 12.1 Å². The molecule has 1 atom stereocenters. The van der Waals surface area contributed by atoms with Crippen molar-refractivity contribution >= 4 is 5.97 Å². The van der Waals surface area contributed by atoms with E-state index < -0.39 is 17.7 Å². The Morgan fingerprint density at radius 2 is 1.25 bits per heavy atom. The molecule has 0 bridgehead atoms. The average molecular weight is 433 g/mol. The number of carbonyl (C=O) groups is 1. The largest absolute Gasteiger partial charge is 0.477 e. The first-order chi connectivity index (χ1) is 15.3. The highest BCUT2D eigenvalue weighted by Gasteiger charge is 2.30. The molecule has 0 aliphatic rings. The molecule has 0 saturated carbocycles. The van der Waals surface area contributed by atoms with Gasteiger partial charge in [-0.25, -0.2) is 9.78 Å². The van der Waals surface area contributed by atoms with Crippen LogP contribution >= 0.6 is 0 Å². The number of carboxylic acids is 1. The summed E-state index contributed by atoms with van der Waals surface area (Å²) in [4.78, 5) is 15.2. The van der Waals surface area contributed by atoms with Crippen molar-refractivity contribution in [3.63, 3.8) is 0 Å². The number of hydrogen-bond donors (Lipinski definition) is 1. The lowest BCUT2D eigenvalue weighted by molar-refractivity contribution is -0.137. The Morgan fingerprint density at radius 1 is 0.719 bits per heavy atom. The molecular weight excluding hydrogens is 415 g/mol. The molecule has 3 nitrogen and oxygen atoms in total. The lowest BCUT2D eigenvalue weighted by Crippen LogP contribution is -2.06. The summed E-state index contributed by atoms with van der Waals surface area (Å²) in [5.74, 6) is -1.26. The van der Waals surface area contributed by atoms with Crippen LogP contribution in [0.4, 0.5) is 13.2 Å². The summed E-state index contributed by atoms with van der Waals surface area (Å²) in [7, 11) is 0. The highest BCUT2D eigenvalue weighted by atomic mass is 19.4. The first-order valence-electron chi connectivity index (χ1n) is 9.85. The van der Waals surface area contributed by atoms with Crippen LogP contribution in [0.5, 0.6) is 0 Å². The minimum Gasteiger partial charge on any atom is -0.477 e. The number of aromatic nitrogens is 1. The third kappa shape index (κ3) is 4.54. The van der Waals surface area contributed by atoms with E-state index in [0.29, 0.717) is 5.56 Å². The van der Waals surface area contributed by atoms with Crippen LogP contribution in [0.2, 0.25) is 0 Å². The molecule has 1 heterocycles. The number of halogens is 3. The maximum atomic E-state index is 12.8. The van der Waals surface area contributed by atoms with E-state index in [4.69, 9.17) is 5.11 Å². The van der Waals surface area contributed by atoms with Crippen molar-refractivity contribution in [3.8, 4) is 11.1 Å². The Bertz CT molecular complexity index is 1200. The fourth-order valence-electron chi connectivity index (χ4n) is 3.65. The first kappa shape index (κ1) is 21.3. The standard InChI is InChI=1S/C26H18F3NO2/c27-26(28,29)22-13-10-18(11-14-22)17-6-8-20(9-7-17)24(19-4-2-1-3-5-19)21-12-15-23(25(31)32)30-16-21/h1-16,24H,(H,31,32). The normalized spacial score (nSPS) is 12.3. The van der Waals surface area contributed by atoms with E-state index in [2.05, 4.69) is 4.98 Å². The fourth-order valence-corrected chi connectivity index (χ4v) is 3.65. The second-order valence-corrected chi connectivity index (χ2v) is 7.32. The van der Waals surface area contributed by atoms with Crippen LogP contribution in [0, 0.1) is 0 Å². The van der Waals surface area contributed by atoms with Crippen molar-refractivity contribution in [1.29, 1.82) is 0 Å². The number of rotatable bonds is 5. The molecule has 0 amide bonds. The molecule has 3 aromatic carbocycles. The summed E-state index contributed by atoms with van der Waals surface area (Å²) >= 11 is 0. The van der Waals surface area contributed by atoms with Gasteiger partial charge in [0.15, 0.2) is 0 Å². The van der Waals surface area contributed by atoms with Crippen molar-refractivity contribution < 1.29 is 23.1 Å². The number of nitrogens with zero attached hydrogens (tertiary/aromatic N) is 1. The van der Waals surface area contributed by atoms with Gasteiger partial charge >= 0.3 is 12.1 Å². The van der Waals surface area contributed by atoms with Crippen LogP contribution in [0.3, 0.4) is 0 Å². The Morgan fingerprint density at radius 3 is 1.75 bits per heavy atom. The summed E-state index contributed by atoms with van der Waals surface area (Å²) in [5.41, 5.74) is 3.58. The second kappa shape index (κ2) is 8.67. The van der Waals surface area contributed by atoms with Gasteiger partial charge in [0.05, 0.1) is 5.56 Å². The van der Waals surface area contributed by atoms with E-state index in [9.17, 15) is 18.0 Å². The third-order valence-electron chi connectivity index (χ3n) is 5.26. The predicted molar refractivity (Wildman–Crippen MR) is 115 cm³/mol. The Labute approximate surface area is 182 Å². The van der Waals surface area contributed by atoms with Gasteiger partial charge in [-0.15, -0.1) is 0 Å². The number of hydrogen-bond acceptors (Lipinski definition) is 2.